The van der Waals surface area contributed by atoms with E-state index < -0.39 is 0 Å². The monoisotopic (exact) mass is 277 g/mol. The largest absolute Gasteiger partial charge is 0.482 e. The van der Waals surface area contributed by atoms with Crippen molar-refractivity contribution < 1.29 is 18.7 Å². The fourth-order valence-corrected chi connectivity index (χ4v) is 2.06. The lowest BCUT2D eigenvalue weighted by atomic mass is 10.1. The van der Waals surface area contributed by atoms with Crippen molar-refractivity contribution in [3.8, 4) is 5.75 Å². The van der Waals surface area contributed by atoms with E-state index >= 15 is 0 Å². The molecule has 3 rings (SSSR count). The van der Waals surface area contributed by atoms with Crippen molar-refractivity contribution in [3.63, 3.8) is 0 Å². The Hall–Kier alpha value is -2.27. The number of anilines is 1. The zero-order chi connectivity index (χ0) is 13.4. The van der Waals surface area contributed by atoms with Crippen LogP contribution in [-0.4, -0.2) is 18.3 Å². The average molecular weight is 278 g/mol. The number of benzene rings is 1. The molecule has 19 heavy (non-hydrogen) atoms. The van der Waals surface area contributed by atoms with Crippen LogP contribution in [0.5, 0.6) is 5.75 Å². The van der Waals surface area contributed by atoms with E-state index in [9.17, 15) is 9.59 Å². The van der Waals surface area contributed by atoms with Crippen LogP contribution in [0, 0.1) is 0 Å². The molecule has 0 bridgehead atoms. The summed E-state index contributed by atoms with van der Waals surface area (Å²) >= 11 is 6.05. The lowest BCUT2D eigenvalue weighted by molar-refractivity contribution is -0.118. The Morgan fingerprint density at radius 1 is 1.37 bits per heavy atom. The van der Waals surface area contributed by atoms with Gasteiger partial charge in [0.15, 0.2) is 12.4 Å². The Morgan fingerprint density at radius 2 is 2.21 bits per heavy atom. The van der Waals surface area contributed by atoms with Crippen molar-refractivity contribution in [2.75, 3.05) is 11.9 Å². The Balaban J connectivity index is 2.04. The van der Waals surface area contributed by atoms with E-state index in [1.807, 2.05) is 0 Å². The molecule has 2 aromatic rings. The maximum atomic E-state index is 12.2. The number of hydrogen-bond acceptors (Lipinski definition) is 4. The van der Waals surface area contributed by atoms with Gasteiger partial charge in [-0.25, -0.2) is 0 Å². The summed E-state index contributed by atoms with van der Waals surface area (Å²) in [5.74, 6) is 0.0209. The predicted octanol–water partition coefficient (Wildman–Crippen LogP) is 2.49. The fourth-order valence-electron chi connectivity index (χ4n) is 1.81. The topological polar surface area (TPSA) is 68.5 Å². The highest BCUT2D eigenvalue weighted by atomic mass is 35.5. The molecule has 1 aliphatic heterocycles. The molecule has 0 aliphatic carbocycles. The van der Waals surface area contributed by atoms with Crippen LogP contribution in [0.25, 0.3) is 0 Å². The molecule has 0 atom stereocenters. The van der Waals surface area contributed by atoms with Crippen molar-refractivity contribution in [1.29, 1.82) is 0 Å². The summed E-state index contributed by atoms with van der Waals surface area (Å²) in [6.07, 6.45) is 1.41. The number of rotatable bonds is 2. The van der Waals surface area contributed by atoms with E-state index in [1.54, 1.807) is 12.1 Å². The Labute approximate surface area is 113 Å². The van der Waals surface area contributed by atoms with Gasteiger partial charge in [0, 0.05) is 5.56 Å². The molecule has 0 saturated heterocycles. The first kappa shape index (κ1) is 11.8. The Kier molecular flexibility index (Phi) is 2.76. The Morgan fingerprint density at radius 3 is 2.95 bits per heavy atom. The van der Waals surface area contributed by atoms with E-state index in [-0.39, 0.29) is 34.6 Å². The highest BCUT2D eigenvalue weighted by Crippen LogP contribution is 2.34. The molecule has 6 heteroatoms. The summed E-state index contributed by atoms with van der Waals surface area (Å²) < 4.78 is 10.3. The van der Waals surface area contributed by atoms with Gasteiger partial charge >= 0.3 is 0 Å². The van der Waals surface area contributed by atoms with Crippen LogP contribution in [0.2, 0.25) is 5.02 Å². The number of carbonyl (C=O) groups is 2. The van der Waals surface area contributed by atoms with Gasteiger partial charge in [-0.15, -0.1) is 0 Å². The molecule has 2 heterocycles. The number of fused-ring (bicyclic) bond motifs is 1. The van der Waals surface area contributed by atoms with Gasteiger partial charge in [0.05, 0.1) is 17.0 Å². The first-order valence-corrected chi connectivity index (χ1v) is 5.87. The van der Waals surface area contributed by atoms with Crippen LogP contribution in [0.15, 0.2) is 34.9 Å². The SMILES string of the molecule is O=C1COc2cc(C(=O)c3ccco3)c(Cl)cc2N1. The molecule has 1 aromatic carbocycles. The zero-order valence-electron chi connectivity index (χ0n) is 9.60. The summed E-state index contributed by atoms with van der Waals surface area (Å²) in [6, 6.07) is 6.17. The summed E-state index contributed by atoms with van der Waals surface area (Å²) in [7, 11) is 0. The Bertz CT molecular complexity index is 664. The highest BCUT2D eigenvalue weighted by molar-refractivity contribution is 6.35. The fraction of sp³-hybridized carbons (Fsp3) is 0.0769. The number of ether oxygens (including phenoxy) is 1. The van der Waals surface area contributed by atoms with Crippen molar-refractivity contribution in [2.24, 2.45) is 0 Å². The number of halogens is 1. The third-order valence-corrected chi connectivity index (χ3v) is 3.00. The van der Waals surface area contributed by atoms with Crippen LogP contribution in [0.1, 0.15) is 16.1 Å². The molecule has 1 N–H and O–H groups in total. The minimum Gasteiger partial charge on any atom is -0.482 e. The smallest absolute Gasteiger partial charge is 0.262 e. The number of nitrogens with one attached hydrogen (secondary N) is 1. The zero-order valence-corrected chi connectivity index (χ0v) is 10.4. The molecule has 0 fully saturated rings. The highest BCUT2D eigenvalue weighted by Gasteiger charge is 2.22. The lowest BCUT2D eigenvalue weighted by Crippen LogP contribution is -2.25. The normalized spacial score (nSPS) is 13.4. The van der Waals surface area contributed by atoms with E-state index in [0.717, 1.165) is 0 Å². The molecule has 0 saturated carbocycles. The molecule has 1 aromatic heterocycles. The number of hydrogen-bond donors (Lipinski definition) is 1. The van der Waals surface area contributed by atoms with E-state index in [4.69, 9.17) is 20.8 Å². The molecule has 1 aliphatic rings. The third kappa shape index (κ3) is 2.08. The van der Waals surface area contributed by atoms with Crippen molar-refractivity contribution >= 4 is 29.0 Å². The summed E-state index contributed by atoms with van der Waals surface area (Å²) in [5.41, 5.74) is 0.726. The van der Waals surface area contributed by atoms with Gasteiger partial charge in [0.1, 0.15) is 5.75 Å². The van der Waals surface area contributed by atoms with Crippen molar-refractivity contribution in [2.45, 2.75) is 0 Å². The summed E-state index contributed by atoms with van der Waals surface area (Å²) in [6.45, 7) is -0.0803. The number of amides is 1. The quantitative estimate of drug-likeness (QED) is 0.856. The summed E-state index contributed by atoms with van der Waals surface area (Å²) in [4.78, 5) is 23.3. The van der Waals surface area contributed by atoms with E-state index in [2.05, 4.69) is 5.32 Å². The molecule has 0 radical (unpaired) electrons. The van der Waals surface area contributed by atoms with Gasteiger partial charge < -0.3 is 14.5 Å². The van der Waals surface area contributed by atoms with Gasteiger partial charge in [-0.05, 0) is 24.3 Å². The molecule has 0 spiro atoms. The number of furan rings is 1. The third-order valence-electron chi connectivity index (χ3n) is 2.69. The predicted molar refractivity (Wildman–Crippen MR) is 67.7 cm³/mol. The molecule has 1 amide bonds. The van der Waals surface area contributed by atoms with Crippen molar-refractivity contribution in [1.82, 2.24) is 0 Å². The van der Waals surface area contributed by atoms with Crippen LogP contribution in [-0.2, 0) is 4.79 Å². The molecular formula is C13H8ClNO4. The molecule has 5 nitrogen and oxygen atoms in total. The second kappa shape index (κ2) is 4.44. The van der Waals surface area contributed by atoms with Crippen LogP contribution >= 0.6 is 11.6 Å². The van der Waals surface area contributed by atoms with Crippen molar-refractivity contribution in [3.05, 3.63) is 46.9 Å². The molecule has 96 valence electrons. The van der Waals surface area contributed by atoms with Gasteiger partial charge in [-0.2, -0.15) is 0 Å². The van der Waals surface area contributed by atoms with Crippen LogP contribution in [0.4, 0.5) is 5.69 Å². The minimum absolute atomic E-state index is 0.0803. The van der Waals surface area contributed by atoms with Gasteiger partial charge in [-0.1, -0.05) is 11.6 Å². The van der Waals surface area contributed by atoms with E-state index in [1.165, 1.54) is 18.4 Å². The maximum absolute atomic E-state index is 12.2. The number of ketones is 1. The molecule has 0 unspecified atom stereocenters. The molecular weight excluding hydrogens is 270 g/mol. The second-order valence-electron chi connectivity index (χ2n) is 3.97. The van der Waals surface area contributed by atoms with Gasteiger partial charge in [-0.3, -0.25) is 9.59 Å². The maximum Gasteiger partial charge on any atom is 0.262 e. The average Bonchev–Trinajstić information content (AvgIpc) is 2.91. The first-order valence-electron chi connectivity index (χ1n) is 5.49. The minimum atomic E-state index is -0.335. The standard InChI is InChI=1S/C13H8ClNO4/c14-8-5-9-11(19-6-12(16)15-9)4-7(8)13(17)10-2-1-3-18-10/h1-5H,6H2,(H,15,16). The number of carbonyl (C=O) groups excluding carboxylic acids is 2. The second-order valence-corrected chi connectivity index (χ2v) is 4.38. The van der Waals surface area contributed by atoms with Crippen LogP contribution in [0.3, 0.4) is 0 Å². The summed E-state index contributed by atoms with van der Waals surface area (Å²) in [5, 5.41) is 2.85. The lowest BCUT2D eigenvalue weighted by Gasteiger charge is -2.19. The van der Waals surface area contributed by atoms with Gasteiger partial charge in [0.2, 0.25) is 5.78 Å². The van der Waals surface area contributed by atoms with E-state index in [0.29, 0.717) is 11.4 Å². The first-order chi connectivity index (χ1) is 9.15. The van der Waals surface area contributed by atoms with Gasteiger partial charge in [0.25, 0.3) is 5.91 Å². The van der Waals surface area contributed by atoms with Crippen LogP contribution < -0.4 is 10.1 Å².